The second-order valence-electron chi connectivity index (χ2n) is 3.86. The van der Waals surface area contributed by atoms with Crippen molar-refractivity contribution < 1.29 is 0 Å². The molecular formula is C14H16INS. The fraction of sp³-hybridized carbons (Fsp3) is 0.286. The van der Waals surface area contributed by atoms with E-state index in [1.54, 1.807) is 0 Å². The molecule has 0 bridgehead atoms. The van der Waals surface area contributed by atoms with Gasteiger partial charge in [-0.25, -0.2) is 0 Å². The lowest BCUT2D eigenvalue weighted by Gasteiger charge is -2.21. The lowest BCUT2D eigenvalue weighted by molar-refractivity contribution is 0.978. The molecule has 0 unspecified atom stereocenters. The van der Waals surface area contributed by atoms with Gasteiger partial charge in [0.1, 0.15) is 0 Å². The Bertz CT molecular complexity index is 479. The molecule has 1 nitrogen and oxygen atoms in total. The van der Waals surface area contributed by atoms with Crippen molar-refractivity contribution in [2.75, 3.05) is 11.4 Å². The summed E-state index contributed by atoms with van der Waals surface area (Å²) in [6.45, 7) is 9.50. The summed E-state index contributed by atoms with van der Waals surface area (Å²) >= 11 is 4.20. The Morgan fingerprint density at radius 3 is 2.65 bits per heavy atom. The molecule has 1 aliphatic rings. The SMILES string of the molecule is C=C(I)/C(CC)=C1\Sc2ccccc2N1CC. The molecule has 0 saturated carbocycles. The number of para-hydroxylation sites is 1. The van der Waals surface area contributed by atoms with Crippen LogP contribution >= 0.6 is 34.4 Å². The van der Waals surface area contributed by atoms with E-state index in [2.05, 4.69) is 72.2 Å². The number of anilines is 1. The summed E-state index contributed by atoms with van der Waals surface area (Å²) in [5.74, 6) is 0. The molecule has 0 saturated heterocycles. The van der Waals surface area contributed by atoms with Gasteiger partial charge in [-0.05, 0) is 53.6 Å². The number of hydrogen-bond acceptors (Lipinski definition) is 2. The first-order valence-electron chi connectivity index (χ1n) is 5.81. The van der Waals surface area contributed by atoms with Crippen molar-refractivity contribution in [1.29, 1.82) is 0 Å². The van der Waals surface area contributed by atoms with E-state index in [0.29, 0.717) is 0 Å². The first-order valence-corrected chi connectivity index (χ1v) is 7.70. The Morgan fingerprint density at radius 1 is 1.35 bits per heavy atom. The van der Waals surface area contributed by atoms with Crippen LogP contribution in [0.4, 0.5) is 5.69 Å². The number of hydrogen-bond donors (Lipinski definition) is 0. The van der Waals surface area contributed by atoms with Crippen molar-refractivity contribution in [2.45, 2.75) is 25.2 Å². The van der Waals surface area contributed by atoms with Crippen LogP contribution in [-0.2, 0) is 0 Å². The van der Waals surface area contributed by atoms with E-state index in [-0.39, 0.29) is 0 Å². The van der Waals surface area contributed by atoms with E-state index >= 15 is 0 Å². The highest BCUT2D eigenvalue weighted by Gasteiger charge is 2.26. The fourth-order valence-corrected chi connectivity index (χ4v) is 4.22. The highest BCUT2D eigenvalue weighted by atomic mass is 127. The van der Waals surface area contributed by atoms with Crippen LogP contribution in [0.25, 0.3) is 0 Å². The number of fused-ring (bicyclic) bond motifs is 1. The third kappa shape index (κ3) is 2.40. The Morgan fingerprint density at radius 2 is 2.06 bits per heavy atom. The zero-order valence-corrected chi connectivity index (χ0v) is 13.1. The van der Waals surface area contributed by atoms with E-state index in [4.69, 9.17) is 0 Å². The minimum atomic E-state index is 1.01. The summed E-state index contributed by atoms with van der Waals surface area (Å²) in [5.41, 5.74) is 2.70. The van der Waals surface area contributed by atoms with Crippen molar-refractivity contribution >= 4 is 40.0 Å². The van der Waals surface area contributed by atoms with Gasteiger partial charge in [0.05, 0.1) is 10.7 Å². The fourth-order valence-electron chi connectivity index (χ4n) is 2.03. The van der Waals surface area contributed by atoms with Gasteiger partial charge in [-0.2, -0.15) is 0 Å². The molecule has 0 fully saturated rings. The Labute approximate surface area is 121 Å². The van der Waals surface area contributed by atoms with Gasteiger partial charge in [0, 0.05) is 15.0 Å². The Hall–Kier alpha value is -0.420. The van der Waals surface area contributed by atoms with Crippen LogP contribution in [0.5, 0.6) is 0 Å². The predicted octanol–water partition coefficient (Wildman–Crippen LogP) is 5.19. The molecule has 0 atom stereocenters. The lowest BCUT2D eigenvalue weighted by Crippen LogP contribution is -2.18. The van der Waals surface area contributed by atoms with Crippen LogP contribution in [0.3, 0.4) is 0 Å². The van der Waals surface area contributed by atoms with Crippen molar-refractivity contribution in [2.24, 2.45) is 0 Å². The van der Waals surface area contributed by atoms with Crippen LogP contribution < -0.4 is 4.90 Å². The quantitative estimate of drug-likeness (QED) is 0.685. The topological polar surface area (TPSA) is 3.24 Å². The Balaban J connectivity index is 2.51. The van der Waals surface area contributed by atoms with Crippen LogP contribution in [-0.4, -0.2) is 6.54 Å². The molecule has 0 amide bonds. The normalized spacial score (nSPS) is 17.0. The average Bonchev–Trinajstić information content (AvgIpc) is 2.67. The van der Waals surface area contributed by atoms with E-state index in [9.17, 15) is 0 Å². The van der Waals surface area contributed by atoms with E-state index in [1.807, 2.05) is 11.8 Å². The molecule has 17 heavy (non-hydrogen) atoms. The Kier molecular flexibility index (Phi) is 4.20. The van der Waals surface area contributed by atoms with Crippen molar-refractivity contribution in [3.63, 3.8) is 0 Å². The number of rotatable bonds is 3. The smallest absolute Gasteiger partial charge is 0.0844 e. The monoisotopic (exact) mass is 357 g/mol. The number of benzene rings is 1. The predicted molar refractivity (Wildman–Crippen MR) is 85.8 cm³/mol. The standard InChI is InChI=1S/C14H16INS/c1-4-11(10(3)15)14-16(5-2)12-8-6-7-9-13(12)17-14/h6-9H,3-5H2,1-2H3/b14-11-. The second kappa shape index (κ2) is 5.48. The van der Waals surface area contributed by atoms with Gasteiger partial charge < -0.3 is 4.90 Å². The van der Waals surface area contributed by atoms with Gasteiger partial charge in [0.25, 0.3) is 0 Å². The maximum Gasteiger partial charge on any atom is 0.0844 e. The first-order chi connectivity index (χ1) is 8.19. The summed E-state index contributed by atoms with van der Waals surface area (Å²) in [7, 11) is 0. The summed E-state index contributed by atoms with van der Waals surface area (Å²) in [6.07, 6.45) is 1.04. The van der Waals surface area contributed by atoms with Gasteiger partial charge in [-0.3, -0.25) is 0 Å². The van der Waals surface area contributed by atoms with Crippen molar-refractivity contribution in [1.82, 2.24) is 0 Å². The van der Waals surface area contributed by atoms with Gasteiger partial charge in [0.15, 0.2) is 0 Å². The molecule has 1 aromatic carbocycles. The van der Waals surface area contributed by atoms with Gasteiger partial charge >= 0.3 is 0 Å². The minimum absolute atomic E-state index is 1.01. The molecule has 1 heterocycles. The summed E-state index contributed by atoms with van der Waals surface area (Å²) in [4.78, 5) is 3.75. The minimum Gasteiger partial charge on any atom is -0.335 e. The number of thioether (sulfide) groups is 1. The van der Waals surface area contributed by atoms with Crippen LogP contribution in [0, 0.1) is 0 Å². The molecule has 90 valence electrons. The zero-order chi connectivity index (χ0) is 12.4. The van der Waals surface area contributed by atoms with Crippen LogP contribution in [0.2, 0.25) is 0 Å². The third-order valence-corrected chi connectivity index (χ3v) is 4.74. The number of nitrogens with zero attached hydrogens (tertiary/aromatic N) is 1. The van der Waals surface area contributed by atoms with Crippen LogP contribution in [0.1, 0.15) is 20.3 Å². The van der Waals surface area contributed by atoms with Crippen LogP contribution in [0.15, 0.2) is 49.9 Å². The highest BCUT2D eigenvalue weighted by molar-refractivity contribution is 14.1. The van der Waals surface area contributed by atoms with Gasteiger partial charge in [-0.1, -0.05) is 37.4 Å². The molecular weight excluding hydrogens is 341 g/mol. The van der Waals surface area contributed by atoms with E-state index < -0.39 is 0 Å². The molecule has 0 N–H and O–H groups in total. The van der Waals surface area contributed by atoms with E-state index in [0.717, 1.165) is 16.5 Å². The second-order valence-corrected chi connectivity index (χ2v) is 6.19. The third-order valence-electron chi connectivity index (χ3n) is 2.86. The molecule has 0 aromatic heterocycles. The number of halogens is 1. The zero-order valence-electron chi connectivity index (χ0n) is 10.2. The first kappa shape index (κ1) is 13.0. The number of allylic oxidation sites excluding steroid dienone is 2. The molecule has 3 heteroatoms. The summed E-state index contributed by atoms with van der Waals surface area (Å²) in [5, 5.41) is 1.36. The lowest BCUT2D eigenvalue weighted by atomic mass is 10.2. The summed E-state index contributed by atoms with van der Waals surface area (Å²) in [6, 6.07) is 8.60. The van der Waals surface area contributed by atoms with E-state index in [1.165, 1.54) is 21.2 Å². The molecule has 1 aliphatic heterocycles. The van der Waals surface area contributed by atoms with Crippen molar-refractivity contribution in [3.8, 4) is 0 Å². The molecule has 0 radical (unpaired) electrons. The molecule has 0 aliphatic carbocycles. The highest BCUT2D eigenvalue weighted by Crippen LogP contribution is 2.48. The largest absolute Gasteiger partial charge is 0.335 e. The molecule has 2 rings (SSSR count). The maximum atomic E-state index is 4.09. The molecule has 1 aromatic rings. The summed E-state index contributed by atoms with van der Waals surface area (Å²) < 4.78 is 1.15. The molecule has 0 spiro atoms. The maximum absolute atomic E-state index is 4.09. The average molecular weight is 357 g/mol. The van der Waals surface area contributed by atoms with Gasteiger partial charge in [-0.15, -0.1) is 0 Å². The van der Waals surface area contributed by atoms with Gasteiger partial charge in [0.2, 0.25) is 0 Å². The van der Waals surface area contributed by atoms with Crippen molar-refractivity contribution in [3.05, 3.63) is 45.0 Å².